The van der Waals surface area contributed by atoms with Crippen molar-refractivity contribution in [1.29, 1.82) is 0 Å². The quantitative estimate of drug-likeness (QED) is 0.866. The van der Waals surface area contributed by atoms with Crippen molar-refractivity contribution in [2.45, 2.75) is 44.6 Å². The second-order valence-corrected chi connectivity index (χ2v) is 7.77. The highest BCUT2D eigenvalue weighted by Gasteiger charge is 2.48. The van der Waals surface area contributed by atoms with Gasteiger partial charge in [0.05, 0.1) is 0 Å². The lowest BCUT2D eigenvalue weighted by atomic mass is 9.51. The molecule has 4 saturated carbocycles. The minimum absolute atomic E-state index is 0.291. The van der Waals surface area contributed by atoms with Crippen LogP contribution in [0.1, 0.15) is 50.1 Å². The molecule has 2 N–H and O–H groups in total. The Morgan fingerprint density at radius 1 is 1.11 bits per heavy atom. The minimum Gasteiger partial charge on any atom is -0.324 e. The first kappa shape index (κ1) is 11.5. The van der Waals surface area contributed by atoms with Gasteiger partial charge in [-0.05, 0) is 90.5 Å². The number of rotatable bonds is 3. The van der Waals surface area contributed by atoms with E-state index in [0.29, 0.717) is 6.04 Å². The van der Waals surface area contributed by atoms with Crippen molar-refractivity contribution < 1.29 is 0 Å². The molecule has 0 aliphatic heterocycles. The maximum absolute atomic E-state index is 6.43. The van der Waals surface area contributed by atoms with Crippen molar-refractivity contribution in [1.82, 2.24) is 0 Å². The van der Waals surface area contributed by atoms with E-state index in [-0.39, 0.29) is 0 Å². The van der Waals surface area contributed by atoms with E-state index in [1.165, 1.54) is 37.7 Å². The van der Waals surface area contributed by atoms with Crippen molar-refractivity contribution >= 4 is 11.3 Å². The number of nitrogens with two attached hydrogens (primary N) is 1. The average molecular weight is 261 g/mol. The normalized spacial score (nSPS) is 43.3. The SMILES string of the molecule is NC(CC1C2CC3CC(C2)CC1C3)c1ccsc1. The van der Waals surface area contributed by atoms with Crippen LogP contribution in [0, 0.1) is 29.6 Å². The minimum atomic E-state index is 0.291. The topological polar surface area (TPSA) is 26.0 Å². The van der Waals surface area contributed by atoms with Gasteiger partial charge in [-0.25, -0.2) is 0 Å². The lowest BCUT2D eigenvalue weighted by molar-refractivity contribution is -0.0420. The highest BCUT2D eigenvalue weighted by Crippen LogP contribution is 2.58. The molecule has 1 heterocycles. The van der Waals surface area contributed by atoms with Crippen LogP contribution in [-0.4, -0.2) is 0 Å². The summed E-state index contributed by atoms with van der Waals surface area (Å²) in [5.74, 6) is 5.15. The van der Waals surface area contributed by atoms with E-state index in [0.717, 1.165) is 29.6 Å². The third-order valence-corrected chi connectivity index (χ3v) is 6.62. The van der Waals surface area contributed by atoms with E-state index in [1.54, 1.807) is 17.8 Å². The molecule has 2 heteroatoms. The Labute approximate surface area is 114 Å². The highest BCUT2D eigenvalue weighted by molar-refractivity contribution is 7.07. The van der Waals surface area contributed by atoms with Crippen LogP contribution in [0.3, 0.4) is 0 Å². The summed E-state index contributed by atoms with van der Waals surface area (Å²) in [6, 6.07) is 2.50. The molecule has 4 aliphatic carbocycles. The maximum atomic E-state index is 6.43. The van der Waals surface area contributed by atoms with E-state index < -0.39 is 0 Å². The molecule has 5 rings (SSSR count). The van der Waals surface area contributed by atoms with Gasteiger partial charge in [0.2, 0.25) is 0 Å². The molecule has 18 heavy (non-hydrogen) atoms. The smallest absolute Gasteiger partial charge is 0.0305 e. The molecule has 4 bridgehead atoms. The van der Waals surface area contributed by atoms with Crippen LogP contribution >= 0.6 is 11.3 Å². The molecule has 1 aromatic rings. The molecule has 4 fully saturated rings. The molecule has 1 unspecified atom stereocenters. The van der Waals surface area contributed by atoms with Crippen LogP contribution in [0.15, 0.2) is 16.8 Å². The molecule has 1 aromatic heterocycles. The number of thiophene rings is 1. The lowest BCUT2D eigenvalue weighted by Crippen LogP contribution is -2.45. The fraction of sp³-hybridized carbons (Fsp3) is 0.750. The van der Waals surface area contributed by atoms with Gasteiger partial charge in [0, 0.05) is 6.04 Å². The second kappa shape index (κ2) is 4.35. The molecule has 0 aromatic carbocycles. The molecular weight excluding hydrogens is 238 g/mol. The second-order valence-electron chi connectivity index (χ2n) is 6.99. The van der Waals surface area contributed by atoms with Crippen molar-refractivity contribution in [2.24, 2.45) is 35.3 Å². The van der Waals surface area contributed by atoms with E-state index in [9.17, 15) is 0 Å². The third-order valence-electron chi connectivity index (χ3n) is 5.92. The fourth-order valence-electron chi connectivity index (χ4n) is 5.34. The van der Waals surface area contributed by atoms with Crippen molar-refractivity contribution in [3.05, 3.63) is 22.4 Å². The summed E-state index contributed by atoms with van der Waals surface area (Å²) in [5.41, 5.74) is 7.80. The fourth-order valence-corrected chi connectivity index (χ4v) is 6.06. The van der Waals surface area contributed by atoms with Crippen molar-refractivity contribution in [3.63, 3.8) is 0 Å². The van der Waals surface area contributed by atoms with E-state index >= 15 is 0 Å². The van der Waals surface area contributed by atoms with Crippen molar-refractivity contribution in [2.75, 3.05) is 0 Å². The molecule has 0 spiro atoms. The van der Waals surface area contributed by atoms with Crippen LogP contribution in [0.4, 0.5) is 0 Å². The summed E-state index contributed by atoms with van der Waals surface area (Å²) >= 11 is 1.78. The van der Waals surface area contributed by atoms with Gasteiger partial charge < -0.3 is 5.73 Å². The Bertz CT molecular complexity index is 383. The van der Waals surface area contributed by atoms with Crippen LogP contribution in [-0.2, 0) is 0 Å². The van der Waals surface area contributed by atoms with Gasteiger partial charge >= 0.3 is 0 Å². The monoisotopic (exact) mass is 261 g/mol. The molecule has 0 radical (unpaired) electrons. The predicted molar refractivity (Wildman–Crippen MR) is 76.4 cm³/mol. The first-order valence-electron chi connectivity index (χ1n) is 7.57. The summed E-state index contributed by atoms with van der Waals surface area (Å²) in [6.45, 7) is 0. The molecule has 0 saturated heterocycles. The Balaban J connectivity index is 1.49. The first-order valence-corrected chi connectivity index (χ1v) is 8.51. The summed E-state index contributed by atoms with van der Waals surface area (Å²) in [5, 5.41) is 4.40. The molecule has 4 aliphatic rings. The van der Waals surface area contributed by atoms with Crippen LogP contribution in [0.25, 0.3) is 0 Å². The largest absolute Gasteiger partial charge is 0.324 e. The zero-order valence-electron chi connectivity index (χ0n) is 10.9. The zero-order chi connectivity index (χ0) is 12.1. The average Bonchev–Trinajstić information content (AvgIpc) is 2.86. The number of hydrogen-bond acceptors (Lipinski definition) is 2. The van der Waals surface area contributed by atoms with Gasteiger partial charge in [0.25, 0.3) is 0 Å². The molecule has 1 atom stereocenters. The number of hydrogen-bond donors (Lipinski definition) is 1. The zero-order valence-corrected chi connectivity index (χ0v) is 11.7. The van der Waals surface area contributed by atoms with Gasteiger partial charge in [-0.15, -0.1) is 0 Å². The summed E-state index contributed by atoms with van der Waals surface area (Å²) < 4.78 is 0. The van der Waals surface area contributed by atoms with E-state index in [2.05, 4.69) is 16.8 Å². The molecule has 1 nitrogen and oxygen atoms in total. The molecular formula is C16H23NS. The van der Waals surface area contributed by atoms with Gasteiger partial charge in [0.1, 0.15) is 0 Å². The maximum Gasteiger partial charge on any atom is 0.0305 e. The van der Waals surface area contributed by atoms with E-state index in [1.807, 2.05) is 0 Å². The van der Waals surface area contributed by atoms with Gasteiger partial charge in [-0.3, -0.25) is 0 Å². The van der Waals surface area contributed by atoms with Gasteiger partial charge in [-0.1, -0.05) is 0 Å². The highest BCUT2D eigenvalue weighted by atomic mass is 32.1. The van der Waals surface area contributed by atoms with Gasteiger partial charge in [-0.2, -0.15) is 11.3 Å². The summed E-state index contributed by atoms with van der Waals surface area (Å²) in [4.78, 5) is 0. The van der Waals surface area contributed by atoms with Crippen LogP contribution in [0.2, 0.25) is 0 Å². The first-order chi connectivity index (χ1) is 8.79. The van der Waals surface area contributed by atoms with Crippen molar-refractivity contribution in [3.8, 4) is 0 Å². The third kappa shape index (κ3) is 1.85. The lowest BCUT2D eigenvalue weighted by Gasteiger charge is -2.55. The van der Waals surface area contributed by atoms with Crippen LogP contribution in [0.5, 0.6) is 0 Å². The standard InChI is InChI=1S/C16H23NS/c17-16(12-1-2-18-9-12)8-15-13-4-10-3-11(6-13)7-14(15)5-10/h1-2,9-11,13-16H,3-8,17H2. The predicted octanol–water partition coefficient (Wildman–Crippen LogP) is 4.21. The molecule has 0 amide bonds. The van der Waals surface area contributed by atoms with E-state index in [4.69, 9.17) is 5.73 Å². The Morgan fingerprint density at radius 2 is 1.78 bits per heavy atom. The van der Waals surface area contributed by atoms with Crippen LogP contribution < -0.4 is 5.73 Å². The molecule has 98 valence electrons. The Hall–Kier alpha value is -0.340. The summed E-state index contributed by atoms with van der Waals surface area (Å²) in [7, 11) is 0. The summed E-state index contributed by atoms with van der Waals surface area (Å²) in [6.07, 6.45) is 8.88. The Morgan fingerprint density at radius 3 is 2.33 bits per heavy atom. The van der Waals surface area contributed by atoms with Gasteiger partial charge in [0.15, 0.2) is 0 Å². The Kier molecular flexibility index (Phi) is 2.77.